The Bertz CT molecular complexity index is 604. The number of hydrogen-bond donors (Lipinski definition) is 2. The number of pyridine rings is 1. The van der Waals surface area contributed by atoms with Crippen molar-refractivity contribution in [2.75, 3.05) is 0 Å². The number of H-pyrrole nitrogens is 1. The molecule has 1 amide bonds. The molecule has 0 spiro atoms. The molecule has 2 fully saturated rings. The van der Waals surface area contributed by atoms with E-state index in [0.29, 0.717) is 12.0 Å². The highest BCUT2D eigenvalue weighted by atomic mass is 16.4. The van der Waals surface area contributed by atoms with Gasteiger partial charge >= 0.3 is 5.97 Å². The van der Waals surface area contributed by atoms with Crippen LogP contribution in [0.5, 0.6) is 0 Å². The number of carbonyl (C=O) groups is 2. The van der Waals surface area contributed by atoms with E-state index in [0.717, 1.165) is 25.7 Å². The lowest BCUT2D eigenvalue weighted by molar-refractivity contribution is -0.141. The molecule has 0 aromatic carbocycles. The summed E-state index contributed by atoms with van der Waals surface area (Å²) in [6.07, 6.45) is 5.89. The number of hydrogen-bond acceptors (Lipinski definition) is 3. The Morgan fingerprint density at radius 1 is 1.24 bits per heavy atom. The lowest BCUT2D eigenvalue weighted by Gasteiger charge is -2.33. The highest BCUT2D eigenvalue weighted by Gasteiger charge is 2.47. The Morgan fingerprint density at radius 3 is 2.67 bits per heavy atom. The molecule has 1 aliphatic heterocycles. The third-order valence-corrected chi connectivity index (χ3v) is 4.64. The molecule has 1 saturated heterocycles. The number of rotatable bonds is 2. The normalized spacial score (nSPS) is 28.2. The van der Waals surface area contributed by atoms with E-state index in [4.69, 9.17) is 0 Å². The number of fused-ring (bicyclic) bond motifs is 1. The third-order valence-electron chi connectivity index (χ3n) is 4.64. The average Bonchev–Trinajstić information content (AvgIpc) is 2.87. The summed E-state index contributed by atoms with van der Waals surface area (Å²) in [6, 6.07) is 2.00. The Hall–Kier alpha value is -2.11. The standard InChI is InChI=1S/C15H18N2O4/c18-13-6-5-10(8-16-13)14(19)17-11-4-2-1-3-9(11)7-12(17)15(20)21/h5-6,8-9,11-12H,1-4,7H2,(H,16,18)(H,20,21)/t9-,11-,12-/m0/s1. The molecule has 6 nitrogen and oxygen atoms in total. The highest BCUT2D eigenvalue weighted by molar-refractivity contribution is 5.97. The number of aliphatic carboxylic acids is 1. The van der Waals surface area contributed by atoms with Gasteiger partial charge < -0.3 is 15.0 Å². The minimum atomic E-state index is -0.942. The molecule has 1 saturated carbocycles. The van der Waals surface area contributed by atoms with Crippen LogP contribution in [0.2, 0.25) is 0 Å². The molecule has 2 aliphatic rings. The van der Waals surface area contributed by atoms with Gasteiger partial charge in [-0.25, -0.2) is 4.79 Å². The Morgan fingerprint density at radius 2 is 2.00 bits per heavy atom. The van der Waals surface area contributed by atoms with Crippen molar-refractivity contribution in [3.05, 3.63) is 34.2 Å². The average molecular weight is 290 g/mol. The molecular weight excluding hydrogens is 272 g/mol. The van der Waals surface area contributed by atoms with Crippen LogP contribution in [-0.4, -0.2) is 39.0 Å². The van der Waals surface area contributed by atoms with Crippen LogP contribution in [0.25, 0.3) is 0 Å². The smallest absolute Gasteiger partial charge is 0.326 e. The molecule has 2 N–H and O–H groups in total. The van der Waals surface area contributed by atoms with Crippen LogP contribution >= 0.6 is 0 Å². The van der Waals surface area contributed by atoms with Gasteiger partial charge in [-0.05, 0) is 31.2 Å². The SMILES string of the molecule is O=C(O)[C@@H]1C[C@@H]2CCCC[C@@H]2N1C(=O)c1ccc(=O)[nH]c1. The summed E-state index contributed by atoms with van der Waals surface area (Å²) in [7, 11) is 0. The van der Waals surface area contributed by atoms with Crippen molar-refractivity contribution >= 4 is 11.9 Å². The van der Waals surface area contributed by atoms with E-state index in [9.17, 15) is 19.5 Å². The quantitative estimate of drug-likeness (QED) is 0.857. The summed E-state index contributed by atoms with van der Waals surface area (Å²) in [5.41, 5.74) is 0.0605. The van der Waals surface area contributed by atoms with Crippen LogP contribution in [0.3, 0.4) is 0 Å². The highest BCUT2D eigenvalue weighted by Crippen LogP contribution is 2.40. The number of carboxylic acid groups (broad SMARTS) is 1. The zero-order valence-corrected chi connectivity index (χ0v) is 11.6. The van der Waals surface area contributed by atoms with Crippen LogP contribution < -0.4 is 5.56 Å². The predicted octanol–water partition coefficient (Wildman–Crippen LogP) is 1.23. The van der Waals surface area contributed by atoms with E-state index in [1.165, 1.54) is 23.2 Å². The number of aromatic nitrogens is 1. The Kier molecular flexibility index (Phi) is 3.53. The second-order valence-electron chi connectivity index (χ2n) is 5.86. The van der Waals surface area contributed by atoms with Gasteiger partial charge in [0.1, 0.15) is 6.04 Å². The molecule has 2 heterocycles. The van der Waals surface area contributed by atoms with Crippen LogP contribution in [0, 0.1) is 5.92 Å². The Labute approximate surface area is 121 Å². The van der Waals surface area contributed by atoms with Crippen molar-refractivity contribution in [2.45, 2.75) is 44.2 Å². The molecule has 1 aromatic rings. The monoisotopic (exact) mass is 290 g/mol. The molecule has 6 heteroatoms. The first-order valence-corrected chi connectivity index (χ1v) is 7.32. The number of amides is 1. The van der Waals surface area contributed by atoms with Gasteiger partial charge in [0.15, 0.2) is 0 Å². The van der Waals surface area contributed by atoms with Gasteiger partial charge in [0, 0.05) is 18.3 Å². The lowest BCUT2D eigenvalue weighted by atomic mass is 9.84. The van der Waals surface area contributed by atoms with E-state index >= 15 is 0 Å². The van der Waals surface area contributed by atoms with E-state index in [1.807, 2.05) is 0 Å². The molecular formula is C15H18N2O4. The van der Waals surface area contributed by atoms with Gasteiger partial charge in [-0.2, -0.15) is 0 Å². The van der Waals surface area contributed by atoms with Gasteiger partial charge in [-0.1, -0.05) is 12.8 Å². The van der Waals surface area contributed by atoms with E-state index in [2.05, 4.69) is 4.98 Å². The van der Waals surface area contributed by atoms with E-state index in [-0.39, 0.29) is 23.4 Å². The zero-order valence-electron chi connectivity index (χ0n) is 11.6. The fourth-order valence-electron chi connectivity index (χ4n) is 3.67. The molecule has 0 bridgehead atoms. The maximum atomic E-state index is 12.7. The first-order chi connectivity index (χ1) is 10.1. The maximum absolute atomic E-state index is 12.7. The summed E-state index contributed by atoms with van der Waals surface area (Å²) in [5, 5.41) is 9.42. The maximum Gasteiger partial charge on any atom is 0.326 e. The summed E-state index contributed by atoms with van der Waals surface area (Å²) in [6.45, 7) is 0. The molecule has 1 aromatic heterocycles. The zero-order chi connectivity index (χ0) is 15.0. The van der Waals surface area contributed by atoms with E-state index < -0.39 is 12.0 Å². The van der Waals surface area contributed by atoms with Gasteiger partial charge in [0.05, 0.1) is 5.56 Å². The molecule has 21 heavy (non-hydrogen) atoms. The summed E-state index contributed by atoms with van der Waals surface area (Å²) in [4.78, 5) is 39.3. The second kappa shape index (κ2) is 5.35. The number of nitrogens with one attached hydrogen (secondary N) is 1. The molecule has 112 valence electrons. The minimum Gasteiger partial charge on any atom is -0.480 e. The van der Waals surface area contributed by atoms with Gasteiger partial charge in [-0.3, -0.25) is 9.59 Å². The molecule has 3 atom stereocenters. The van der Waals surface area contributed by atoms with Crippen molar-refractivity contribution < 1.29 is 14.7 Å². The predicted molar refractivity (Wildman–Crippen MR) is 75.0 cm³/mol. The van der Waals surface area contributed by atoms with Crippen molar-refractivity contribution in [3.63, 3.8) is 0 Å². The van der Waals surface area contributed by atoms with Gasteiger partial charge in [0.2, 0.25) is 5.56 Å². The first kappa shape index (κ1) is 13.9. The van der Waals surface area contributed by atoms with Crippen molar-refractivity contribution in [1.82, 2.24) is 9.88 Å². The first-order valence-electron chi connectivity index (χ1n) is 7.32. The lowest BCUT2D eigenvalue weighted by Crippen LogP contribution is -2.46. The van der Waals surface area contributed by atoms with Crippen molar-refractivity contribution in [2.24, 2.45) is 5.92 Å². The largest absolute Gasteiger partial charge is 0.480 e. The number of nitrogens with zero attached hydrogens (tertiary/aromatic N) is 1. The fourth-order valence-corrected chi connectivity index (χ4v) is 3.67. The van der Waals surface area contributed by atoms with Crippen LogP contribution in [-0.2, 0) is 4.79 Å². The van der Waals surface area contributed by atoms with Gasteiger partial charge in [0.25, 0.3) is 5.91 Å². The molecule has 1 aliphatic carbocycles. The second-order valence-corrected chi connectivity index (χ2v) is 5.86. The number of carboxylic acids is 1. The van der Waals surface area contributed by atoms with Crippen LogP contribution in [0.1, 0.15) is 42.5 Å². The number of likely N-dealkylation sites (tertiary alicyclic amines) is 1. The Balaban J connectivity index is 1.92. The fraction of sp³-hybridized carbons (Fsp3) is 0.533. The van der Waals surface area contributed by atoms with Crippen molar-refractivity contribution in [1.29, 1.82) is 0 Å². The van der Waals surface area contributed by atoms with Crippen molar-refractivity contribution in [3.8, 4) is 0 Å². The third kappa shape index (κ3) is 2.46. The van der Waals surface area contributed by atoms with Crippen LogP contribution in [0.15, 0.2) is 23.1 Å². The molecule has 0 unspecified atom stereocenters. The summed E-state index contributed by atoms with van der Waals surface area (Å²) < 4.78 is 0. The number of aromatic amines is 1. The van der Waals surface area contributed by atoms with Gasteiger partial charge in [-0.15, -0.1) is 0 Å². The van der Waals surface area contributed by atoms with Crippen LogP contribution in [0.4, 0.5) is 0 Å². The summed E-state index contributed by atoms with van der Waals surface area (Å²) >= 11 is 0. The molecule has 0 radical (unpaired) electrons. The van der Waals surface area contributed by atoms with E-state index in [1.54, 1.807) is 0 Å². The minimum absolute atomic E-state index is 0.0132. The topological polar surface area (TPSA) is 90.5 Å². The summed E-state index contributed by atoms with van der Waals surface area (Å²) in [5.74, 6) is -0.957. The molecule has 3 rings (SSSR count). The number of carbonyl (C=O) groups excluding carboxylic acids is 1.